The molecule has 0 aliphatic carbocycles. The molecule has 1 amide bonds. The van der Waals surface area contributed by atoms with E-state index in [0.717, 1.165) is 25.9 Å². The second kappa shape index (κ2) is 7.92. The van der Waals surface area contributed by atoms with Gasteiger partial charge in [-0.2, -0.15) is 5.10 Å². The zero-order valence-corrected chi connectivity index (χ0v) is 15.1. The average molecular weight is 347 g/mol. The number of hydrogen-bond acceptors (Lipinski definition) is 5. The lowest BCUT2D eigenvalue weighted by atomic mass is 10.1. The van der Waals surface area contributed by atoms with E-state index in [-0.39, 0.29) is 11.9 Å². The topological polar surface area (TPSA) is 62.2 Å². The summed E-state index contributed by atoms with van der Waals surface area (Å²) in [5, 5.41) is 12.9. The third kappa shape index (κ3) is 4.03. The summed E-state index contributed by atoms with van der Waals surface area (Å²) in [6.45, 7) is 2.56. The number of hydrogen-bond donors (Lipinski definition) is 2. The van der Waals surface area contributed by atoms with Gasteiger partial charge < -0.3 is 15.5 Å². The number of piperidine rings is 1. The van der Waals surface area contributed by atoms with Gasteiger partial charge >= 0.3 is 0 Å². The maximum Gasteiger partial charge on any atom is 0.271 e. The Labute approximate surface area is 146 Å². The van der Waals surface area contributed by atoms with Crippen molar-refractivity contribution in [2.75, 3.05) is 33.7 Å². The van der Waals surface area contributed by atoms with Gasteiger partial charge in [-0.05, 0) is 51.0 Å². The molecule has 7 heteroatoms. The summed E-state index contributed by atoms with van der Waals surface area (Å²) in [4.78, 5) is 15.8. The molecule has 1 aliphatic heterocycles. The molecule has 2 aromatic rings. The van der Waals surface area contributed by atoms with Crippen molar-refractivity contribution in [2.45, 2.75) is 24.9 Å². The Hall–Kier alpha value is -1.70. The quantitative estimate of drug-likeness (QED) is 0.838. The molecule has 130 valence electrons. The van der Waals surface area contributed by atoms with Crippen molar-refractivity contribution in [3.8, 4) is 0 Å². The fraction of sp³-hybridized carbons (Fsp3) is 0.529. The Morgan fingerprint density at radius 3 is 3.08 bits per heavy atom. The number of nitrogens with zero attached hydrogens (tertiary/aromatic N) is 3. The minimum absolute atomic E-state index is 0.110. The van der Waals surface area contributed by atoms with Gasteiger partial charge in [-0.3, -0.25) is 9.48 Å². The van der Waals surface area contributed by atoms with E-state index < -0.39 is 0 Å². The van der Waals surface area contributed by atoms with Gasteiger partial charge in [0, 0.05) is 24.2 Å². The number of likely N-dealkylation sites (N-methyl/N-ethyl adjacent to an activating group) is 1. The van der Waals surface area contributed by atoms with Crippen molar-refractivity contribution in [1.29, 1.82) is 0 Å². The number of thiophene rings is 1. The number of carbonyl (C=O) groups is 1. The summed E-state index contributed by atoms with van der Waals surface area (Å²) in [5.74, 6) is -0.110. The summed E-state index contributed by atoms with van der Waals surface area (Å²) in [6, 6.07) is 6.48. The number of aromatic nitrogens is 2. The highest BCUT2D eigenvalue weighted by Crippen LogP contribution is 2.22. The van der Waals surface area contributed by atoms with Gasteiger partial charge in [0.1, 0.15) is 5.69 Å². The predicted molar refractivity (Wildman–Crippen MR) is 96.4 cm³/mol. The highest BCUT2D eigenvalue weighted by Gasteiger charge is 2.20. The zero-order valence-electron chi connectivity index (χ0n) is 14.2. The van der Waals surface area contributed by atoms with Gasteiger partial charge in [-0.15, -0.1) is 11.3 Å². The van der Waals surface area contributed by atoms with Crippen LogP contribution in [0.5, 0.6) is 0 Å². The normalized spacial score (nSPS) is 19.4. The molecule has 2 unspecified atom stereocenters. The second-order valence-electron chi connectivity index (χ2n) is 6.39. The molecule has 1 aliphatic rings. The van der Waals surface area contributed by atoms with Crippen molar-refractivity contribution in [2.24, 2.45) is 0 Å². The van der Waals surface area contributed by atoms with Crippen LogP contribution in [0, 0.1) is 0 Å². The molecule has 0 saturated carbocycles. The number of carbonyl (C=O) groups excluding carboxylic acids is 1. The Bertz CT molecular complexity index is 646. The molecule has 0 bridgehead atoms. The first-order chi connectivity index (χ1) is 11.6. The van der Waals surface area contributed by atoms with Crippen molar-refractivity contribution in [3.05, 3.63) is 40.3 Å². The molecule has 1 fully saturated rings. The van der Waals surface area contributed by atoms with Crippen LogP contribution in [0.15, 0.2) is 29.8 Å². The van der Waals surface area contributed by atoms with Crippen LogP contribution in [0.3, 0.4) is 0 Å². The van der Waals surface area contributed by atoms with Crippen LogP contribution < -0.4 is 10.6 Å². The lowest BCUT2D eigenvalue weighted by Crippen LogP contribution is -2.35. The van der Waals surface area contributed by atoms with Gasteiger partial charge in [0.15, 0.2) is 0 Å². The second-order valence-corrected chi connectivity index (χ2v) is 7.37. The zero-order chi connectivity index (χ0) is 16.9. The first kappa shape index (κ1) is 17.1. The lowest BCUT2D eigenvalue weighted by molar-refractivity contribution is 0.0936. The van der Waals surface area contributed by atoms with Crippen LogP contribution in [0.1, 0.15) is 40.3 Å². The van der Waals surface area contributed by atoms with E-state index in [0.29, 0.717) is 18.3 Å². The molecule has 0 aromatic carbocycles. The van der Waals surface area contributed by atoms with Gasteiger partial charge in [0.05, 0.1) is 12.1 Å². The maximum absolute atomic E-state index is 12.4. The molecule has 6 nitrogen and oxygen atoms in total. The van der Waals surface area contributed by atoms with E-state index in [1.165, 1.54) is 4.88 Å². The van der Waals surface area contributed by atoms with Gasteiger partial charge in [-0.1, -0.05) is 6.07 Å². The Kier molecular flexibility index (Phi) is 5.65. The Morgan fingerprint density at radius 2 is 2.42 bits per heavy atom. The predicted octanol–water partition coefficient (Wildman–Crippen LogP) is 1.90. The van der Waals surface area contributed by atoms with E-state index in [2.05, 4.69) is 32.1 Å². The van der Waals surface area contributed by atoms with Crippen LogP contribution in [0.2, 0.25) is 0 Å². The van der Waals surface area contributed by atoms with E-state index >= 15 is 0 Å². The molecule has 2 aromatic heterocycles. The van der Waals surface area contributed by atoms with Crippen LogP contribution in [0.4, 0.5) is 0 Å². The Balaban J connectivity index is 1.59. The molecule has 2 atom stereocenters. The molecule has 3 rings (SSSR count). The third-order valence-corrected chi connectivity index (χ3v) is 5.41. The maximum atomic E-state index is 12.4. The molecule has 0 spiro atoms. The molecular formula is C17H25N5OS. The van der Waals surface area contributed by atoms with E-state index in [4.69, 9.17) is 0 Å². The van der Waals surface area contributed by atoms with Crippen molar-refractivity contribution < 1.29 is 4.79 Å². The summed E-state index contributed by atoms with van der Waals surface area (Å²) >= 11 is 1.71. The molecule has 24 heavy (non-hydrogen) atoms. The SMILES string of the molecule is CN(C)C(CNC(=O)c1ccn(C2CCCNC2)n1)c1cccs1. The lowest BCUT2D eigenvalue weighted by Gasteiger charge is -2.23. The summed E-state index contributed by atoms with van der Waals surface area (Å²) in [7, 11) is 4.06. The molecular weight excluding hydrogens is 322 g/mol. The molecule has 3 heterocycles. The monoisotopic (exact) mass is 347 g/mol. The molecule has 1 saturated heterocycles. The van der Waals surface area contributed by atoms with Crippen molar-refractivity contribution in [1.82, 2.24) is 25.3 Å². The first-order valence-electron chi connectivity index (χ1n) is 8.39. The average Bonchev–Trinajstić information content (AvgIpc) is 3.27. The first-order valence-corrected chi connectivity index (χ1v) is 9.27. The highest BCUT2D eigenvalue weighted by atomic mass is 32.1. The number of rotatable bonds is 6. The van der Waals surface area contributed by atoms with Gasteiger partial charge in [0.2, 0.25) is 0 Å². The van der Waals surface area contributed by atoms with E-state index in [1.807, 2.05) is 31.0 Å². The minimum atomic E-state index is -0.110. The van der Waals surface area contributed by atoms with Crippen LogP contribution >= 0.6 is 11.3 Å². The van der Waals surface area contributed by atoms with Crippen LogP contribution in [-0.2, 0) is 0 Å². The fourth-order valence-electron chi connectivity index (χ4n) is 3.02. The summed E-state index contributed by atoms with van der Waals surface area (Å²) in [6.07, 6.45) is 4.17. The largest absolute Gasteiger partial charge is 0.349 e. The standard InChI is InChI=1S/C17H25N5OS/c1-21(2)15(16-6-4-10-24-16)12-19-17(23)14-7-9-22(20-14)13-5-3-8-18-11-13/h4,6-7,9-10,13,15,18H,3,5,8,11-12H2,1-2H3,(H,19,23). The van der Waals surface area contributed by atoms with E-state index in [9.17, 15) is 4.79 Å². The summed E-state index contributed by atoms with van der Waals surface area (Å²) in [5.41, 5.74) is 0.490. The Morgan fingerprint density at radius 1 is 1.54 bits per heavy atom. The van der Waals surface area contributed by atoms with Crippen molar-refractivity contribution in [3.63, 3.8) is 0 Å². The number of nitrogens with one attached hydrogen (secondary N) is 2. The molecule has 2 N–H and O–H groups in total. The molecule has 0 radical (unpaired) electrons. The van der Waals surface area contributed by atoms with Gasteiger partial charge in [-0.25, -0.2) is 0 Å². The highest BCUT2D eigenvalue weighted by molar-refractivity contribution is 7.10. The summed E-state index contributed by atoms with van der Waals surface area (Å²) < 4.78 is 1.92. The van der Waals surface area contributed by atoms with Crippen LogP contribution in [0.25, 0.3) is 0 Å². The van der Waals surface area contributed by atoms with Gasteiger partial charge in [0.25, 0.3) is 5.91 Å². The third-order valence-electron chi connectivity index (χ3n) is 4.44. The van der Waals surface area contributed by atoms with Crippen LogP contribution in [-0.4, -0.2) is 54.3 Å². The number of amides is 1. The fourth-order valence-corrected chi connectivity index (χ4v) is 3.94. The van der Waals surface area contributed by atoms with Crippen molar-refractivity contribution >= 4 is 17.2 Å². The van der Waals surface area contributed by atoms with E-state index in [1.54, 1.807) is 17.4 Å². The smallest absolute Gasteiger partial charge is 0.271 e. The minimum Gasteiger partial charge on any atom is -0.349 e.